The maximum absolute atomic E-state index is 13.1. The Bertz CT molecular complexity index is 511. The Morgan fingerprint density at radius 3 is 2.75 bits per heavy atom. The second kappa shape index (κ2) is 4.26. The molecule has 16 heavy (non-hydrogen) atoms. The summed E-state index contributed by atoms with van der Waals surface area (Å²) in [6, 6.07) is 6.41. The topological polar surface area (TPSA) is 37.8 Å². The molecule has 2 aromatic rings. The highest BCUT2D eigenvalue weighted by molar-refractivity contribution is 5.65. The van der Waals surface area contributed by atoms with E-state index in [0.29, 0.717) is 5.95 Å². The predicted octanol–water partition coefficient (Wildman–Crippen LogP) is 2.63. The Morgan fingerprint density at radius 1 is 1.31 bits per heavy atom. The van der Waals surface area contributed by atoms with E-state index in [0.717, 1.165) is 16.8 Å². The van der Waals surface area contributed by atoms with Crippen LogP contribution in [-0.2, 0) is 0 Å². The van der Waals surface area contributed by atoms with Crippen LogP contribution >= 0.6 is 0 Å². The zero-order valence-corrected chi connectivity index (χ0v) is 9.16. The lowest BCUT2D eigenvalue weighted by atomic mass is 10.1. The molecule has 0 aliphatic heterocycles. The van der Waals surface area contributed by atoms with E-state index < -0.39 is 0 Å². The van der Waals surface area contributed by atoms with Gasteiger partial charge in [0, 0.05) is 18.8 Å². The van der Waals surface area contributed by atoms with Crippen molar-refractivity contribution in [1.29, 1.82) is 0 Å². The van der Waals surface area contributed by atoms with Crippen LogP contribution < -0.4 is 5.32 Å². The Hall–Kier alpha value is -1.97. The third kappa shape index (κ3) is 2.00. The van der Waals surface area contributed by atoms with Gasteiger partial charge in [-0.1, -0.05) is 12.1 Å². The van der Waals surface area contributed by atoms with E-state index in [4.69, 9.17) is 0 Å². The van der Waals surface area contributed by atoms with Crippen molar-refractivity contribution in [2.24, 2.45) is 0 Å². The van der Waals surface area contributed by atoms with E-state index in [1.165, 1.54) is 12.1 Å². The van der Waals surface area contributed by atoms with E-state index >= 15 is 0 Å². The van der Waals surface area contributed by atoms with Crippen LogP contribution in [0.2, 0.25) is 0 Å². The molecule has 0 radical (unpaired) electrons. The van der Waals surface area contributed by atoms with Gasteiger partial charge in [-0.3, -0.25) is 0 Å². The third-order valence-corrected chi connectivity index (χ3v) is 2.34. The summed E-state index contributed by atoms with van der Waals surface area (Å²) < 4.78 is 13.1. The Labute approximate surface area is 93.4 Å². The molecule has 0 saturated carbocycles. The van der Waals surface area contributed by atoms with Crippen molar-refractivity contribution in [3.8, 4) is 11.1 Å². The van der Waals surface area contributed by atoms with Crippen molar-refractivity contribution >= 4 is 5.95 Å². The summed E-state index contributed by atoms with van der Waals surface area (Å²) >= 11 is 0. The lowest BCUT2D eigenvalue weighted by Gasteiger charge is -2.06. The zero-order valence-electron chi connectivity index (χ0n) is 9.16. The number of rotatable bonds is 2. The molecule has 4 heteroatoms. The fourth-order valence-corrected chi connectivity index (χ4v) is 1.53. The number of nitrogens with zero attached hydrogens (tertiary/aromatic N) is 2. The molecule has 0 aliphatic carbocycles. The molecule has 1 aromatic carbocycles. The van der Waals surface area contributed by atoms with E-state index in [9.17, 15) is 4.39 Å². The van der Waals surface area contributed by atoms with Crippen molar-refractivity contribution < 1.29 is 4.39 Å². The van der Waals surface area contributed by atoms with Gasteiger partial charge in [0.25, 0.3) is 0 Å². The highest BCUT2D eigenvalue weighted by Gasteiger charge is 2.05. The summed E-state index contributed by atoms with van der Waals surface area (Å²) in [6.07, 6.45) is 1.70. The summed E-state index contributed by atoms with van der Waals surface area (Å²) in [5.41, 5.74) is 2.46. The highest BCUT2D eigenvalue weighted by Crippen LogP contribution is 2.22. The molecule has 3 nitrogen and oxygen atoms in total. The molecule has 0 saturated heterocycles. The first kappa shape index (κ1) is 10.5. The number of nitrogens with one attached hydrogen (secondary N) is 1. The summed E-state index contributed by atoms with van der Waals surface area (Å²) in [5, 5.41) is 2.86. The first-order valence-corrected chi connectivity index (χ1v) is 4.98. The normalized spacial score (nSPS) is 10.2. The summed E-state index contributed by atoms with van der Waals surface area (Å²) in [4.78, 5) is 8.37. The molecule has 0 bridgehead atoms. The lowest BCUT2D eigenvalue weighted by Crippen LogP contribution is -1.99. The molecule has 82 valence electrons. The third-order valence-electron chi connectivity index (χ3n) is 2.34. The van der Waals surface area contributed by atoms with Crippen molar-refractivity contribution in [2.45, 2.75) is 6.92 Å². The van der Waals surface area contributed by atoms with Gasteiger partial charge >= 0.3 is 0 Å². The second-order valence-corrected chi connectivity index (χ2v) is 3.45. The van der Waals surface area contributed by atoms with Crippen LogP contribution in [0.4, 0.5) is 10.3 Å². The Morgan fingerprint density at radius 2 is 2.12 bits per heavy atom. The average molecular weight is 217 g/mol. The van der Waals surface area contributed by atoms with E-state index in [1.807, 2.05) is 13.0 Å². The molecular formula is C12H12FN3. The van der Waals surface area contributed by atoms with Gasteiger partial charge < -0.3 is 5.32 Å². The van der Waals surface area contributed by atoms with Crippen LogP contribution in [-0.4, -0.2) is 17.0 Å². The lowest BCUT2D eigenvalue weighted by molar-refractivity contribution is 0.628. The molecule has 0 fully saturated rings. The van der Waals surface area contributed by atoms with E-state index in [1.54, 1.807) is 19.3 Å². The molecule has 0 aliphatic rings. The maximum atomic E-state index is 13.1. The molecule has 0 spiro atoms. The van der Waals surface area contributed by atoms with Gasteiger partial charge in [0.2, 0.25) is 5.95 Å². The fourth-order valence-electron chi connectivity index (χ4n) is 1.53. The van der Waals surface area contributed by atoms with E-state index in [-0.39, 0.29) is 5.82 Å². The Balaban J connectivity index is 2.48. The van der Waals surface area contributed by atoms with Crippen molar-refractivity contribution in [1.82, 2.24) is 9.97 Å². The van der Waals surface area contributed by atoms with Crippen molar-refractivity contribution in [3.05, 3.63) is 42.0 Å². The van der Waals surface area contributed by atoms with Gasteiger partial charge in [0.05, 0.1) is 5.69 Å². The zero-order chi connectivity index (χ0) is 11.5. The van der Waals surface area contributed by atoms with Gasteiger partial charge in [-0.05, 0) is 24.6 Å². The molecule has 2 rings (SSSR count). The predicted molar refractivity (Wildman–Crippen MR) is 61.7 cm³/mol. The van der Waals surface area contributed by atoms with Crippen LogP contribution in [0.15, 0.2) is 30.5 Å². The minimum Gasteiger partial charge on any atom is -0.357 e. The molecule has 1 heterocycles. The number of halogens is 1. The minimum atomic E-state index is -0.255. The first-order chi connectivity index (χ1) is 7.70. The molecule has 0 unspecified atom stereocenters. The highest BCUT2D eigenvalue weighted by atomic mass is 19.1. The fraction of sp³-hybridized carbons (Fsp3) is 0.167. The maximum Gasteiger partial charge on any atom is 0.222 e. The van der Waals surface area contributed by atoms with Crippen molar-refractivity contribution in [3.63, 3.8) is 0 Å². The first-order valence-electron chi connectivity index (χ1n) is 4.98. The smallest absolute Gasteiger partial charge is 0.222 e. The molecule has 0 amide bonds. The average Bonchev–Trinajstić information content (AvgIpc) is 2.28. The number of aromatic nitrogens is 2. The van der Waals surface area contributed by atoms with Gasteiger partial charge in [-0.15, -0.1) is 0 Å². The van der Waals surface area contributed by atoms with Gasteiger partial charge in [-0.25, -0.2) is 14.4 Å². The van der Waals surface area contributed by atoms with Crippen LogP contribution in [0.5, 0.6) is 0 Å². The van der Waals surface area contributed by atoms with E-state index in [2.05, 4.69) is 15.3 Å². The molecule has 0 atom stereocenters. The standard InChI is InChI=1S/C12H12FN3/c1-8-11(7-15-12(14-2)16-8)9-4-3-5-10(13)6-9/h3-7H,1-2H3,(H,14,15,16). The minimum absolute atomic E-state index is 0.255. The SMILES string of the molecule is CNc1ncc(-c2cccc(F)c2)c(C)n1. The Kier molecular flexibility index (Phi) is 2.81. The summed E-state index contributed by atoms with van der Waals surface area (Å²) in [7, 11) is 1.76. The van der Waals surface area contributed by atoms with Crippen LogP contribution in [0, 0.1) is 12.7 Å². The number of benzene rings is 1. The van der Waals surface area contributed by atoms with Gasteiger partial charge in [-0.2, -0.15) is 0 Å². The summed E-state index contributed by atoms with van der Waals surface area (Å²) in [5.74, 6) is 0.312. The molecule has 1 N–H and O–H groups in total. The number of hydrogen-bond donors (Lipinski definition) is 1. The molecular weight excluding hydrogens is 205 g/mol. The second-order valence-electron chi connectivity index (χ2n) is 3.45. The monoisotopic (exact) mass is 217 g/mol. The van der Waals surface area contributed by atoms with Gasteiger partial charge in [0.1, 0.15) is 5.82 Å². The number of anilines is 1. The van der Waals surface area contributed by atoms with Crippen molar-refractivity contribution in [2.75, 3.05) is 12.4 Å². The molecule has 1 aromatic heterocycles. The van der Waals surface area contributed by atoms with Crippen LogP contribution in [0.25, 0.3) is 11.1 Å². The number of hydrogen-bond acceptors (Lipinski definition) is 3. The van der Waals surface area contributed by atoms with Crippen LogP contribution in [0.1, 0.15) is 5.69 Å². The number of aryl methyl sites for hydroxylation is 1. The quantitative estimate of drug-likeness (QED) is 0.840. The summed E-state index contributed by atoms with van der Waals surface area (Å²) in [6.45, 7) is 1.88. The largest absolute Gasteiger partial charge is 0.357 e. The van der Waals surface area contributed by atoms with Gasteiger partial charge in [0.15, 0.2) is 0 Å². The van der Waals surface area contributed by atoms with Crippen LogP contribution in [0.3, 0.4) is 0 Å².